The van der Waals surface area contributed by atoms with E-state index in [-0.39, 0.29) is 0 Å². The summed E-state index contributed by atoms with van der Waals surface area (Å²) < 4.78 is 2.08. The van der Waals surface area contributed by atoms with Crippen LogP contribution >= 0.6 is 0 Å². The lowest BCUT2D eigenvalue weighted by Crippen LogP contribution is -2.27. The highest BCUT2D eigenvalue weighted by atomic mass is 15.1. The minimum absolute atomic E-state index is 0.500. The molecule has 0 saturated carbocycles. The van der Waals surface area contributed by atoms with Gasteiger partial charge in [-0.15, -0.1) is 0 Å². The van der Waals surface area contributed by atoms with Crippen molar-refractivity contribution in [2.45, 2.75) is 25.7 Å². The summed E-state index contributed by atoms with van der Waals surface area (Å²) in [7, 11) is 2.03. The molecule has 0 amide bonds. The predicted octanol–water partition coefficient (Wildman–Crippen LogP) is 1.65. The van der Waals surface area contributed by atoms with Gasteiger partial charge < -0.3 is 9.88 Å². The number of nitrogens with one attached hydrogen (secondary N) is 1. The van der Waals surface area contributed by atoms with Gasteiger partial charge in [-0.05, 0) is 32.9 Å². The number of aryl methyl sites for hydroxylation is 1. The number of piperidine rings is 1. The highest BCUT2D eigenvalue weighted by molar-refractivity contribution is 5.58. The van der Waals surface area contributed by atoms with E-state index in [1.165, 1.54) is 0 Å². The first-order valence-electron chi connectivity index (χ1n) is 6.77. The van der Waals surface area contributed by atoms with Crippen molar-refractivity contribution in [1.29, 1.82) is 0 Å². The first-order valence-corrected chi connectivity index (χ1v) is 6.77. The molecule has 1 fully saturated rings. The quantitative estimate of drug-likeness (QED) is 0.889. The Morgan fingerprint density at radius 1 is 1.16 bits per heavy atom. The lowest BCUT2D eigenvalue weighted by atomic mass is 9.92. The van der Waals surface area contributed by atoms with Crippen molar-refractivity contribution in [2.24, 2.45) is 7.05 Å². The minimum atomic E-state index is 0.500. The molecule has 19 heavy (non-hydrogen) atoms. The smallest absolute Gasteiger partial charge is 0.110 e. The molecule has 1 N–H and O–H groups in total. The number of imidazole rings is 1. The lowest BCUT2D eigenvalue weighted by Gasteiger charge is -2.23. The third-order valence-electron chi connectivity index (χ3n) is 3.92. The zero-order valence-electron chi connectivity index (χ0n) is 11.4. The van der Waals surface area contributed by atoms with Crippen molar-refractivity contribution in [3.05, 3.63) is 30.1 Å². The maximum absolute atomic E-state index is 4.60. The number of nitrogens with zero attached hydrogens (tertiary/aromatic N) is 4. The van der Waals surface area contributed by atoms with Crippen LogP contribution < -0.4 is 5.32 Å². The van der Waals surface area contributed by atoms with E-state index >= 15 is 0 Å². The number of hydrogen-bond donors (Lipinski definition) is 1. The van der Waals surface area contributed by atoms with Gasteiger partial charge in [0.25, 0.3) is 0 Å². The molecule has 3 rings (SSSR count). The molecule has 0 radical (unpaired) electrons. The molecule has 0 unspecified atom stereocenters. The van der Waals surface area contributed by atoms with Gasteiger partial charge in [-0.3, -0.25) is 9.97 Å². The summed E-state index contributed by atoms with van der Waals surface area (Å²) in [5.41, 5.74) is 3.16. The Hall–Kier alpha value is -1.75. The average molecular weight is 257 g/mol. The Balaban J connectivity index is 2.04. The maximum atomic E-state index is 4.60. The summed E-state index contributed by atoms with van der Waals surface area (Å²) in [5.74, 6) is 1.50. The number of rotatable bonds is 2. The van der Waals surface area contributed by atoms with Crippen LogP contribution in [0.15, 0.2) is 18.6 Å². The summed E-state index contributed by atoms with van der Waals surface area (Å²) in [6.45, 7) is 4.13. The normalized spacial score (nSPS) is 16.7. The third-order valence-corrected chi connectivity index (χ3v) is 3.92. The van der Waals surface area contributed by atoms with Gasteiger partial charge in [-0.2, -0.15) is 0 Å². The SMILES string of the molecule is Cc1ncc(-c2nccnc2C2CCNCC2)n1C. The van der Waals surface area contributed by atoms with E-state index in [9.17, 15) is 0 Å². The Labute approximate surface area is 113 Å². The predicted molar refractivity (Wildman–Crippen MR) is 73.8 cm³/mol. The lowest BCUT2D eigenvalue weighted by molar-refractivity contribution is 0.453. The Morgan fingerprint density at radius 2 is 1.89 bits per heavy atom. The fourth-order valence-electron chi connectivity index (χ4n) is 2.66. The highest BCUT2D eigenvalue weighted by Crippen LogP contribution is 2.30. The van der Waals surface area contributed by atoms with Gasteiger partial charge in [0.1, 0.15) is 11.5 Å². The minimum Gasteiger partial charge on any atom is -0.330 e. The Morgan fingerprint density at radius 3 is 2.58 bits per heavy atom. The fraction of sp³-hybridized carbons (Fsp3) is 0.500. The van der Waals surface area contributed by atoms with Crippen LogP contribution in [0, 0.1) is 6.92 Å². The molecule has 0 atom stereocenters. The van der Waals surface area contributed by atoms with Crippen molar-refractivity contribution in [2.75, 3.05) is 13.1 Å². The maximum Gasteiger partial charge on any atom is 0.110 e. The molecule has 1 aliphatic rings. The van der Waals surface area contributed by atoms with Crippen LogP contribution in [0.3, 0.4) is 0 Å². The van der Waals surface area contributed by atoms with Gasteiger partial charge in [-0.1, -0.05) is 0 Å². The van der Waals surface area contributed by atoms with Crippen molar-refractivity contribution >= 4 is 0 Å². The highest BCUT2D eigenvalue weighted by Gasteiger charge is 2.22. The largest absolute Gasteiger partial charge is 0.330 e. The molecule has 0 bridgehead atoms. The summed E-state index contributed by atoms with van der Waals surface area (Å²) in [6, 6.07) is 0. The number of hydrogen-bond acceptors (Lipinski definition) is 4. The van der Waals surface area contributed by atoms with Crippen molar-refractivity contribution in [3.8, 4) is 11.4 Å². The van der Waals surface area contributed by atoms with Gasteiger partial charge in [0.2, 0.25) is 0 Å². The van der Waals surface area contributed by atoms with Crippen LogP contribution in [0.1, 0.15) is 30.3 Å². The van der Waals surface area contributed by atoms with Crippen LogP contribution in [0.2, 0.25) is 0 Å². The van der Waals surface area contributed by atoms with Crippen molar-refractivity contribution < 1.29 is 0 Å². The van der Waals surface area contributed by atoms with Gasteiger partial charge in [0.05, 0.1) is 17.6 Å². The van der Waals surface area contributed by atoms with Crippen molar-refractivity contribution in [1.82, 2.24) is 24.8 Å². The molecule has 1 aliphatic heterocycles. The second-order valence-corrected chi connectivity index (χ2v) is 5.06. The summed E-state index contributed by atoms with van der Waals surface area (Å²) in [6.07, 6.45) is 7.71. The van der Waals surface area contributed by atoms with E-state index in [2.05, 4.69) is 24.8 Å². The molecular weight excluding hydrogens is 238 g/mol. The van der Waals surface area contributed by atoms with Gasteiger partial charge in [0.15, 0.2) is 0 Å². The van der Waals surface area contributed by atoms with Crippen LogP contribution in [0.4, 0.5) is 0 Å². The van der Waals surface area contributed by atoms with E-state index in [0.717, 1.165) is 48.8 Å². The molecule has 3 heterocycles. The zero-order chi connectivity index (χ0) is 13.2. The molecule has 2 aromatic heterocycles. The fourth-order valence-corrected chi connectivity index (χ4v) is 2.66. The molecule has 5 heteroatoms. The first kappa shape index (κ1) is 12.3. The summed E-state index contributed by atoms with van der Waals surface area (Å²) in [4.78, 5) is 13.5. The van der Waals surface area contributed by atoms with Crippen LogP contribution in [0.25, 0.3) is 11.4 Å². The molecule has 0 spiro atoms. The van der Waals surface area contributed by atoms with E-state index in [1.807, 2.05) is 20.2 Å². The summed E-state index contributed by atoms with van der Waals surface area (Å²) in [5, 5.41) is 3.39. The monoisotopic (exact) mass is 257 g/mol. The Kier molecular flexibility index (Phi) is 3.29. The summed E-state index contributed by atoms with van der Waals surface area (Å²) >= 11 is 0. The molecule has 1 saturated heterocycles. The van der Waals surface area contributed by atoms with Gasteiger partial charge >= 0.3 is 0 Å². The third kappa shape index (κ3) is 2.26. The molecule has 100 valence electrons. The van der Waals surface area contributed by atoms with Gasteiger partial charge in [-0.25, -0.2) is 4.98 Å². The number of aromatic nitrogens is 4. The van der Waals surface area contributed by atoms with Crippen LogP contribution in [-0.4, -0.2) is 32.6 Å². The topological polar surface area (TPSA) is 55.6 Å². The second-order valence-electron chi connectivity index (χ2n) is 5.06. The van der Waals surface area contributed by atoms with Crippen LogP contribution in [-0.2, 0) is 7.05 Å². The van der Waals surface area contributed by atoms with E-state index in [4.69, 9.17) is 0 Å². The van der Waals surface area contributed by atoms with Crippen molar-refractivity contribution in [3.63, 3.8) is 0 Å². The van der Waals surface area contributed by atoms with Gasteiger partial charge in [0, 0.05) is 25.4 Å². The first-order chi connectivity index (χ1) is 9.27. The molecule has 5 nitrogen and oxygen atoms in total. The standard InChI is InChI=1S/C14H19N5/c1-10-18-9-12(19(10)2)14-13(16-7-8-17-14)11-3-5-15-6-4-11/h7-9,11,15H,3-6H2,1-2H3. The molecule has 0 aromatic carbocycles. The zero-order valence-corrected chi connectivity index (χ0v) is 11.4. The molecular formula is C14H19N5. The Bertz CT molecular complexity index is 569. The van der Waals surface area contributed by atoms with E-state index in [0.29, 0.717) is 5.92 Å². The molecule has 0 aliphatic carbocycles. The average Bonchev–Trinajstić information content (AvgIpc) is 2.80. The van der Waals surface area contributed by atoms with E-state index in [1.54, 1.807) is 12.4 Å². The second kappa shape index (κ2) is 5.09. The van der Waals surface area contributed by atoms with Crippen LogP contribution in [0.5, 0.6) is 0 Å². The molecule has 2 aromatic rings. The van der Waals surface area contributed by atoms with E-state index < -0.39 is 0 Å².